The minimum Gasteiger partial charge on any atom is -0.444 e. The molecule has 0 heterocycles. The summed E-state index contributed by atoms with van der Waals surface area (Å²) >= 11 is 6.43. The third-order valence-corrected chi connectivity index (χ3v) is 6.67. The van der Waals surface area contributed by atoms with E-state index in [2.05, 4.69) is 17.6 Å². The van der Waals surface area contributed by atoms with Crippen LogP contribution in [-0.4, -0.2) is 41.5 Å². The summed E-state index contributed by atoms with van der Waals surface area (Å²) in [5, 5.41) is 5.97. The molecule has 0 radical (unpaired) electrons. The molecule has 1 unspecified atom stereocenters. The van der Waals surface area contributed by atoms with Gasteiger partial charge in [0.2, 0.25) is 5.91 Å². The lowest BCUT2D eigenvalue weighted by molar-refractivity contribution is -0.138. The molecule has 7 nitrogen and oxygen atoms in total. The van der Waals surface area contributed by atoms with Gasteiger partial charge >= 0.3 is 6.09 Å². The number of hydrogen-bond acceptors (Lipinski definition) is 4. The van der Waals surface area contributed by atoms with Gasteiger partial charge in [0.15, 0.2) is 0 Å². The zero-order valence-electron chi connectivity index (χ0n) is 24.4. The van der Waals surface area contributed by atoms with Crippen LogP contribution in [0.1, 0.15) is 88.1 Å². The minimum atomic E-state index is -0.916. The standard InChI is InChI=1S/C31H44ClN3O4/c1-8-9-10-11-12-18-35(26(36)20-33-30(38)39-31(5,6)7)28(24-17-16-21(2)19-23(24)4)29(37)34-27-22(3)14-13-15-25(27)32/h13-17,19,28H,8-12,18,20H2,1-7H3,(H,33,38)(H,34,37). The molecule has 0 saturated heterocycles. The van der Waals surface area contributed by atoms with Crippen LogP contribution in [0.5, 0.6) is 0 Å². The van der Waals surface area contributed by atoms with E-state index in [0.29, 0.717) is 17.3 Å². The number of unbranched alkanes of at least 4 members (excludes halogenated alkanes) is 4. The number of alkyl carbamates (subject to hydrolysis) is 1. The zero-order valence-corrected chi connectivity index (χ0v) is 25.2. The number of benzene rings is 2. The summed E-state index contributed by atoms with van der Waals surface area (Å²) in [5.74, 6) is -0.732. The number of ether oxygens (including phenoxy) is 1. The Morgan fingerprint density at radius 1 is 0.974 bits per heavy atom. The molecule has 2 rings (SSSR count). The molecule has 0 aliphatic rings. The lowest BCUT2D eigenvalue weighted by Gasteiger charge is -2.33. The molecule has 0 bridgehead atoms. The topological polar surface area (TPSA) is 87.7 Å². The Bertz CT molecular complexity index is 1120. The first-order valence-corrected chi connectivity index (χ1v) is 14.1. The van der Waals surface area contributed by atoms with Crippen LogP contribution in [-0.2, 0) is 14.3 Å². The Labute approximate surface area is 238 Å². The first-order valence-electron chi connectivity index (χ1n) is 13.7. The molecule has 0 fully saturated rings. The predicted octanol–water partition coefficient (Wildman–Crippen LogP) is 7.27. The number of aryl methyl sites for hydroxylation is 3. The van der Waals surface area contributed by atoms with Crippen molar-refractivity contribution < 1.29 is 19.1 Å². The van der Waals surface area contributed by atoms with Gasteiger partial charge in [-0.15, -0.1) is 0 Å². The number of amides is 3. The Morgan fingerprint density at radius 2 is 1.67 bits per heavy atom. The van der Waals surface area contributed by atoms with Crippen molar-refractivity contribution >= 4 is 35.2 Å². The van der Waals surface area contributed by atoms with Gasteiger partial charge in [-0.25, -0.2) is 4.79 Å². The number of para-hydroxylation sites is 1. The Kier molecular flexibility index (Phi) is 12.3. The number of nitrogens with one attached hydrogen (secondary N) is 2. The first kappa shape index (κ1) is 32.2. The molecule has 214 valence electrons. The zero-order chi connectivity index (χ0) is 29.2. The summed E-state index contributed by atoms with van der Waals surface area (Å²) in [4.78, 5) is 41.5. The Morgan fingerprint density at radius 3 is 2.28 bits per heavy atom. The average molecular weight is 558 g/mol. The van der Waals surface area contributed by atoms with Gasteiger partial charge in [-0.2, -0.15) is 0 Å². The quantitative estimate of drug-likeness (QED) is 0.269. The molecule has 1 atom stereocenters. The largest absolute Gasteiger partial charge is 0.444 e. The number of anilines is 1. The van der Waals surface area contributed by atoms with Gasteiger partial charge in [-0.1, -0.05) is 80.1 Å². The van der Waals surface area contributed by atoms with E-state index < -0.39 is 17.7 Å². The van der Waals surface area contributed by atoms with Gasteiger partial charge in [-0.05, 0) is 70.7 Å². The molecule has 2 aromatic rings. The first-order chi connectivity index (χ1) is 18.3. The van der Waals surface area contributed by atoms with Gasteiger partial charge in [0.25, 0.3) is 5.91 Å². The summed E-state index contributed by atoms with van der Waals surface area (Å²) in [5.41, 5.74) is 3.32. The van der Waals surface area contributed by atoms with Crippen molar-refractivity contribution in [2.45, 2.75) is 92.2 Å². The lowest BCUT2D eigenvalue weighted by Crippen LogP contribution is -2.47. The smallest absolute Gasteiger partial charge is 0.408 e. The number of carbonyl (C=O) groups excluding carboxylic acids is 3. The van der Waals surface area contributed by atoms with E-state index >= 15 is 0 Å². The summed E-state index contributed by atoms with van der Waals surface area (Å²) < 4.78 is 5.31. The Balaban J connectivity index is 2.45. The molecule has 3 amide bonds. The van der Waals surface area contributed by atoms with Gasteiger partial charge in [0, 0.05) is 6.54 Å². The molecule has 8 heteroatoms. The molecule has 0 spiro atoms. The average Bonchev–Trinajstić information content (AvgIpc) is 2.84. The highest BCUT2D eigenvalue weighted by molar-refractivity contribution is 6.34. The third-order valence-electron chi connectivity index (χ3n) is 6.36. The molecule has 39 heavy (non-hydrogen) atoms. The van der Waals surface area contributed by atoms with Crippen LogP contribution in [0.2, 0.25) is 5.02 Å². The molecule has 0 aliphatic heterocycles. The molecule has 2 N–H and O–H groups in total. The summed E-state index contributed by atoms with van der Waals surface area (Å²) in [6.45, 7) is 13.3. The van der Waals surface area contributed by atoms with Crippen LogP contribution >= 0.6 is 11.6 Å². The molecule has 0 aromatic heterocycles. The van der Waals surface area contributed by atoms with Gasteiger partial charge in [-0.3, -0.25) is 9.59 Å². The number of carbonyl (C=O) groups is 3. The second-order valence-corrected chi connectivity index (χ2v) is 11.4. The second-order valence-electron chi connectivity index (χ2n) is 11.0. The number of nitrogens with zero attached hydrogens (tertiary/aromatic N) is 1. The van der Waals surface area contributed by atoms with Crippen LogP contribution in [0, 0.1) is 20.8 Å². The fourth-order valence-electron chi connectivity index (χ4n) is 4.41. The van der Waals surface area contributed by atoms with Crippen molar-refractivity contribution in [3.8, 4) is 0 Å². The normalized spacial score (nSPS) is 12.0. The van der Waals surface area contributed by atoms with Gasteiger partial charge < -0.3 is 20.3 Å². The van der Waals surface area contributed by atoms with Crippen LogP contribution in [0.25, 0.3) is 0 Å². The van der Waals surface area contributed by atoms with Crippen molar-refractivity contribution in [1.82, 2.24) is 10.2 Å². The van der Waals surface area contributed by atoms with E-state index in [1.807, 2.05) is 51.1 Å². The van der Waals surface area contributed by atoms with Crippen molar-refractivity contribution in [2.75, 3.05) is 18.4 Å². The summed E-state index contributed by atoms with van der Waals surface area (Å²) in [6.07, 6.45) is 4.25. The number of hydrogen-bond donors (Lipinski definition) is 2. The predicted molar refractivity (Wildman–Crippen MR) is 158 cm³/mol. The van der Waals surface area contributed by atoms with Crippen molar-refractivity contribution in [2.24, 2.45) is 0 Å². The Hall–Kier alpha value is -3.06. The fourth-order valence-corrected chi connectivity index (χ4v) is 4.68. The maximum atomic E-state index is 14.0. The monoisotopic (exact) mass is 557 g/mol. The van der Waals surface area contributed by atoms with E-state index in [0.717, 1.165) is 54.4 Å². The molecule has 2 aromatic carbocycles. The number of rotatable bonds is 12. The molecule has 0 aliphatic carbocycles. The van der Waals surface area contributed by atoms with Crippen LogP contribution < -0.4 is 10.6 Å². The number of halogens is 1. The summed E-state index contributed by atoms with van der Waals surface area (Å²) in [6, 6.07) is 10.3. The van der Waals surface area contributed by atoms with E-state index in [9.17, 15) is 14.4 Å². The van der Waals surface area contributed by atoms with E-state index in [1.54, 1.807) is 31.7 Å². The van der Waals surface area contributed by atoms with Gasteiger partial charge in [0.05, 0.1) is 10.7 Å². The molecular formula is C31H44ClN3O4. The lowest BCUT2D eigenvalue weighted by atomic mass is 9.96. The van der Waals surface area contributed by atoms with Gasteiger partial charge in [0.1, 0.15) is 18.2 Å². The van der Waals surface area contributed by atoms with Crippen LogP contribution in [0.15, 0.2) is 36.4 Å². The van der Waals surface area contributed by atoms with Crippen LogP contribution in [0.4, 0.5) is 10.5 Å². The van der Waals surface area contributed by atoms with Crippen molar-refractivity contribution in [3.63, 3.8) is 0 Å². The van der Waals surface area contributed by atoms with Crippen LogP contribution in [0.3, 0.4) is 0 Å². The SMILES string of the molecule is CCCCCCCN(C(=O)CNC(=O)OC(C)(C)C)C(C(=O)Nc1c(C)cccc1Cl)c1ccc(C)cc1C. The maximum Gasteiger partial charge on any atom is 0.408 e. The molecule has 0 saturated carbocycles. The maximum absolute atomic E-state index is 14.0. The summed E-state index contributed by atoms with van der Waals surface area (Å²) in [7, 11) is 0. The minimum absolute atomic E-state index is 0.288. The fraction of sp³-hybridized carbons (Fsp3) is 0.516. The van der Waals surface area contributed by atoms with E-state index in [-0.39, 0.29) is 18.4 Å². The van der Waals surface area contributed by atoms with E-state index in [1.165, 1.54) is 0 Å². The van der Waals surface area contributed by atoms with Crippen molar-refractivity contribution in [3.05, 3.63) is 63.7 Å². The highest BCUT2D eigenvalue weighted by Gasteiger charge is 2.33. The van der Waals surface area contributed by atoms with Crippen molar-refractivity contribution in [1.29, 1.82) is 0 Å². The van der Waals surface area contributed by atoms with E-state index in [4.69, 9.17) is 16.3 Å². The highest BCUT2D eigenvalue weighted by atomic mass is 35.5. The highest BCUT2D eigenvalue weighted by Crippen LogP contribution is 2.31. The molecular weight excluding hydrogens is 514 g/mol. The third kappa shape index (κ3) is 10.2. The second kappa shape index (κ2) is 14.9.